The van der Waals surface area contributed by atoms with E-state index < -0.39 is 10.9 Å². The van der Waals surface area contributed by atoms with E-state index in [0.29, 0.717) is 0 Å². The zero-order valence-corrected chi connectivity index (χ0v) is 12.2. The summed E-state index contributed by atoms with van der Waals surface area (Å²) >= 11 is 1.13. The molecule has 0 fully saturated rings. The molecule has 0 aliphatic rings. The fourth-order valence-electron chi connectivity index (χ4n) is 1.58. The Balaban J connectivity index is 2.40. The minimum absolute atomic E-state index is 0.0395. The van der Waals surface area contributed by atoms with Crippen LogP contribution in [-0.2, 0) is 4.74 Å². The molecule has 0 N–H and O–H groups in total. The summed E-state index contributed by atoms with van der Waals surface area (Å²) < 4.78 is 4.58. The smallest absolute Gasteiger partial charge is 0.356 e. The molecule has 0 saturated carbocycles. The van der Waals surface area contributed by atoms with Gasteiger partial charge in [0.25, 0.3) is 0 Å². The average Bonchev–Trinajstić information content (AvgIpc) is 2.48. The zero-order chi connectivity index (χ0) is 15.4. The van der Waals surface area contributed by atoms with Crippen molar-refractivity contribution >= 4 is 23.4 Å². The van der Waals surface area contributed by atoms with E-state index in [4.69, 9.17) is 0 Å². The third-order valence-corrected chi connectivity index (χ3v) is 3.67. The molecule has 7 heteroatoms. The van der Waals surface area contributed by atoms with Gasteiger partial charge < -0.3 is 4.74 Å². The molecule has 108 valence electrons. The van der Waals surface area contributed by atoms with Gasteiger partial charge in [0.1, 0.15) is 5.69 Å². The first-order chi connectivity index (χ1) is 10.0. The number of nitro groups is 1. The molecular weight excluding hydrogens is 292 g/mol. The van der Waals surface area contributed by atoms with Crippen molar-refractivity contribution < 1.29 is 14.5 Å². The number of carbonyl (C=O) groups excluding carboxylic acids is 1. The van der Waals surface area contributed by atoms with Crippen LogP contribution in [0, 0.1) is 17.0 Å². The van der Waals surface area contributed by atoms with E-state index in [-0.39, 0.29) is 16.4 Å². The SMILES string of the molecule is COC(=O)c1ccc([N+](=O)[O-])c(Sc2ccc(C)cc2)n1. The largest absolute Gasteiger partial charge is 0.464 e. The van der Waals surface area contributed by atoms with Crippen molar-refractivity contribution in [2.45, 2.75) is 16.8 Å². The Morgan fingerprint density at radius 2 is 1.90 bits per heavy atom. The lowest BCUT2D eigenvalue weighted by Crippen LogP contribution is -2.06. The highest BCUT2D eigenvalue weighted by atomic mass is 32.2. The first-order valence-corrected chi connectivity index (χ1v) is 6.81. The molecule has 21 heavy (non-hydrogen) atoms. The van der Waals surface area contributed by atoms with Crippen molar-refractivity contribution in [2.24, 2.45) is 0 Å². The van der Waals surface area contributed by atoms with Crippen LogP contribution in [0.25, 0.3) is 0 Å². The monoisotopic (exact) mass is 304 g/mol. The lowest BCUT2D eigenvalue weighted by atomic mass is 10.2. The molecule has 0 unspecified atom stereocenters. The molecule has 2 aromatic rings. The number of methoxy groups -OCH3 is 1. The van der Waals surface area contributed by atoms with Crippen molar-refractivity contribution in [1.82, 2.24) is 4.98 Å². The predicted octanol–water partition coefficient (Wildman–Crippen LogP) is 3.24. The molecule has 1 aromatic carbocycles. The topological polar surface area (TPSA) is 82.3 Å². The molecular formula is C14H12N2O4S. The van der Waals surface area contributed by atoms with Crippen molar-refractivity contribution in [3.63, 3.8) is 0 Å². The normalized spacial score (nSPS) is 10.2. The fraction of sp³-hybridized carbons (Fsp3) is 0.143. The van der Waals surface area contributed by atoms with E-state index in [1.807, 2.05) is 31.2 Å². The maximum absolute atomic E-state index is 11.5. The van der Waals surface area contributed by atoms with Crippen LogP contribution in [0.15, 0.2) is 46.3 Å². The van der Waals surface area contributed by atoms with Crippen LogP contribution in [0.5, 0.6) is 0 Å². The number of hydrogen-bond acceptors (Lipinski definition) is 6. The number of hydrogen-bond donors (Lipinski definition) is 0. The Bertz CT molecular complexity index is 686. The van der Waals surface area contributed by atoms with Crippen LogP contribution in [0.2, 0.25) is 0 Å². The Kier molecular flexibility index (Phi) is 4.54. The zero-order valence-electron chi connectivity index (χ0n) is 11.4. The van der Waals surface area contributed by atoms with Crippen molar-refractivity contribution in [1.29, 1.82) is 0 Å². The quantitative estimate of drug-likeness (QED) is 0.490. The van der Waals surface area contributed by atoms with Crippen molar-refractivity contribution in [2.75, 3.05) is 7.11 Å². The van der Waals surface area contributed by atoms with Gasteiger partial charge in [-0.05, 0) is 25.1 Å². The first kappa shape index (κ1) is 15.0. The number of benzene rings is 1. The predicted molar refractivity (Wildman–Crippen MR) is 77.5 cm³/mol. The maximum atomic E-state index is 11.5. The molecule has 2 rings (SSSR count). The summed E-state index contributed by atoms with van der Waals surface area (Å²) in [5, 5.41) is 11.2. The summed E-state index contributed by atoms with van der Waals surface area (Å²) in [6.45, 7) is 1.95. The Hall–Kier alpha value is -2.41. The Labute approximate surface area is 125 Å². The number of esters is 1. The lowest BCUT2D eigenvalue weighted by Gasteiger charge is -2.05. The molecule has 0 atom stereocenters. The van der Waals surface area contributed by atoms with Gasteiger partial charge in [0.05, 0.1) is 12.0 Å². The summed E-state index contributed by atoms with van der Waals surface area (Å²) in [5.74, 6) is -0.629. The molecule has 0 aliphatic heterocycles. The van der Waals surface area contributed by atoms with Crippen LogP contribution in [0.4, 0.5) is 5.69 Å². The summed E-state index contributed by atoms with van der Waals surface area (Å²) in [6.07, 6.45) is 0. The molecule has 0 aliphatic carbocycles. The van der Waals surface area contributed by atoms with Gasteiger partial charge >= 0.3 is 11.7 Å². The van der Waals surface area contributed by atoms with E-state index in [1.165, 1.54) is 19.2 Å². The average molecular weight is 304 g/mol. The second-order valence-electron chi connectivity index (χ2n) is 4.18. The molecule has 0 spiro atoms. The first-order valence-electron chi connectivity index (χ1n) is 5.99. The minimum atomic E-state index is -0.629. The lowest BCUT2D eigenvalue weighted by molar-refractivity contribution is -0.388. The van der Waals surface area contributed by atoms with Crippen molar-refractivity contribution in [3.05, 3.63) is 57.8 Å². The minimum Gasteiger partial charge on any atom is -0.464 e. The number of aryl methyl sites for hydroxylation is 1. The van der Waals surface area contributed by atoms with E-state index in [2.05, 4.69) is 9.72 Å². The highest BCUT2D eigenvalue weighted by molar-refractivity contribution is 7.99. The van der Waals surface area contributed by atoms with Crippen LogP contribution in [-0.4, -0.2) is 23.0 Å². The van der Waals surface area contributed by atoms with Crippen molar-refractivity contribution in [3.8, 4) is 0 Å². The highest BCUT2D eigenvalue weighted by Crippen LogP contribution is 2.33. The van der Waals surface area contributed by atoms with Gasteiger partial charge in [-0.1, -0.05) is 29.5 Å². The van der Waals surface area contributed by atoms with E-state index in [0.717, 1.165) is 22.2 Å². The number of carbonyl (C=O) groups is 1. The van der Waals surface area contributed by atoms with E-state index in [9.17, 15) is 14.9 Å². The Morgan fingerprint density at radius 3 is 2.48 bits per heavy atom. The molecule has 1 aromatic heterocycles. The summed E-state index contributed by atoms with van der Waals surface area (Å²) in [4.78, 5) is 26.8. The highest BCUT2D eigenvalue weighted by Gasteiger charge is 2.20. The Morgan fingerprint density at radius 1 is 1.24 bits per heavy atom. The molecule has 1 heterocycles. The second kappa shape index (κ2) is 6.36. The van der Waals surface area contributed by atoms with Gasteiger partial charge in [-0.25, -0.2) is 9.78 Å². The van der Waals surface area contributed by atoms with Crippen LogP contribution in [0.3, 0.4) is 0 Å². The third kappa shape index (κ3) is 3.57. The van der Waals surface area contributed by atoms with Gasteiger partial charge in [0, 0.05) is 11.0 Å². The summed E-state index contributed by atoms with van der Waals surface area (Å²) in [5.41, 5.74) is 0.982. The summed E-state index contributed by atoms with van der Waals surface area (Å²) in [7, 11) is 1.23. The maximum Gasteiger partial charge on any atom is 0.356 e. The molecule has 0 bridgehead atoms. The second-order valence-corrected chi connectivity index (χ2v) is 5.25. The number of nitrogens with zero attached hydrogens (tertiary/aromatic N) is 2. The summed E-state index contributed by atoms with van der Waals surface area (Å²) in [6, 6.07) is 10.0. The van der Waals surface area contributed by atoms with Gasteiger partial charge in [0.15, 0.2) is 5.03 Å². The van der Waals surface area contributed by atoms with Gasteiger partial charge in [-0.15, -0.1) is 0 Å². The van der Waals surface area contributed by atoms with E-state index >= 15 is 0 Å². The van der Waals surface area contributed by atoms with Gasteiger partial charge in [0.2, 0.25) is 0 Å². The fourth-order valence-corrected chi connectivity index (χ4v) is 2.47. The number of aromatic nitrogens is 1. The van der Waals surface area contributed by atoms with E-state index in [1.54, 1.807) is 0 Å². The van der Waals surface area contributed by atoms with Crippen LogP contribution >= 0.6 is 11.8 Å². The van der Waals surface area contributed by atoms with Gasteiger partial charge in [-0.3, -0.25) is 10.1 Å². The number of ether oxygens (including phenoxy) is 1. The molecule has 0 saturated heterocycles. The number of pyridine rings is 1. The third-order valence-electron chi connectivity index (χ3n) is 2.67. The van der Waals surface area contributed by atoms with Crippen LogP contribution < -0.4 is 0 Å². The standard InChI is InChI=1S/C14H12N2O4S/c1-9-3-5-10(6-4-9)21-13-12(16(18)19)8-7-11(15-13)14(17)20-2/h3-8H,1-2H3. The van der Waals surface area contributed by atoms with Gasteiger partial charge in [-0.2, -0.15) is 0 Å². The molecule has 0 radical (unpaired) electrons. The molecule has 0 amide bonds. The number of rotatable bonds is 4. The van der Waals surface area contributed by atoms with Crippen LogP contribution in [0.1, 0.15) is 16.1 Å². The molecule has 6 nitrogen and oxygen atoms in total.